The molecule has 0 saturated carbocycles. The number of nitrogens with zero attached hydrogens (tertiary/aromatic N) is 1. The summed E-state index contributed by atoms with van der Waals surface area (Å²) in [5.74, 6) is 0. The van der Waals surface area contributed by atoms with Crippen molar-refractivity contribution in [2.45, 2.75) is 52.2 Å². The van der Waals surface area contributed by atoms with Crippen molar-refractivity contribution in [3.05, 3.63) is 36.0 Å². The van der Waals surface area contributed by atoms with Crippen LogP contribution in [-0.4, -0.2) is 35.2 Å². The summed E-state index contributed by atoms with van der Waals surface area (Å²) in [6, 6.07) is 0.244. The Balaban J connectivity index is 0.000000771. The average molecular weight is 249 g/mol. The molecule has 0 spiro atoms. The molecule has 2 rings (SSSR count). The lowest BCUT2D eigenvalue weighted by Crippen LogP contribution is -2.40. The summed E-state index contributed by atoms with van der Waals surface area (Å²) in [6.07, 6.45) is 13.3. The van der Waals surface area contributed by atoms with Crippen LogP contribution in [0.2, 0.25) is 0 Å². The van der Waals surface area contributed by atoms with Crippen molar-refractivity contribution in [1.82, 2.24) is 4.90 Å². The molecule has 1 saturated heterocycles. The van der Waals surface area contributed by atoms with Gasteiger partial charge < -0.3 is 5.11 Å². The second kappa shape index (κ2) is 8.28. The van der Waals surface area contributed by atoms with Gasteiger partial charge in [0.2, 0.25) is 0 Å². The number of allylic oxidation sites excluding steroid dienone is 5. The largest absolute Gasteiger partial charge is 0.387 e. The molecule has 2 nitrogen and oxygen atoms in total. The minimum atomic E-state index is -0.328. The summed E-state index contributed by atoms with van der Waals surface area (Å²) in [5, 5.41) is 10.4. The van der Waals surface area contributed by atoms with Crippen molar-refractivity contribution in [1.29, 1.82) is 0 Å². The van der Waals surface area contributed by atoms with Gasteiger partial charge in [-0.1, -0.05) is 44.2 Å². The predicted octanol–water partition coefficient (Wildman–Crippen LogP) is 3.30. The topological polar surface area (TPSA) is 23.5 Å². The van der Waals surface area contributed by atoms with E-state index in [0.717, 1.165) is 25.1 Å². The van der Waals surface area contributed by atoms with Crippen LogP contribution in [0.5, 0.6) is 0 Å². The maximum atomic E-state index is 10.4. The summed E-state index contributed by atoms with van der Waals surface area (Å²) in [7, 11) is 0. The smallest absolute Gasteiger partial charge is 0.0908 e. The highest BCUT2D eigenvalue weighted by atomic mass is 16.3. The zero-order valence-corrected chi connectivity index (χ0v) is 12.0. The van der Waals surface area contributed by atoms with Crippen LogP contribution in [0, 0.1) is 0 Å². The first-order valence-corrected chi connectivity index (χ1v) is 7.23. The summed E-state index contributed by atoms with van der Waals surface area (Å²) >= 11 is 0. The standard InChI is InChI=1S/C14H21NO.C2H6/c1-12(15-10-6-7-11-15)14(16)13-8-4-2-3-5-9-13;1-2/h2-5,8,12,14,16H,6-7,9-11H2,1H3;1-2H3. The van der Waals surface area contributed by atoms with E-state index in [2.05, 4.69) is 24.0 Å². The highest BCUT2D eigenvalue weighted by Gasteiger charge is 2.25. The van der Waals surface area contributed by atoms with Crippen molar-refractivity contribution in [2.24, 2.45) is 0 Å². The molecule has 0 amide bonds. The molecular formula is C16H27NO. The Morgan fingerprint density at radius 2 is 1.78 bits per heavy atom. The van der Waals surface area contributed by atoms with E-state index in [1.807, 2.05) is 32.1 Å². The van der Waals surface area contributed by atoms with E-state index in [9.17, 15) is 5.11 Å². The first kappa shape index (κ1) is 15.2. The Morgan fingerprint density at radius 3 is 2.44 bits per heavy atom. The van der Waals surface area contributed by atoms with Gasteiger partial charge in [-0.05, 0) is 44.8 Å². The van der Waals surface area contributed by atoms with Gasteiger partial charge in [0.15, 0.2) is 0 Å². The van der Waals surface area contributed by atoms with Gasteiger partial charge in [0.05, 0.1) is 6.10 Å². The summed E-state index contributed by atoms with van der Waals surface area (Å²) in [4.78, 5) is 2.39. The lowest BCUT2D eigenvalue weighted by Gasteiger charge is -2.29. The molecule has 2 unspecified atom stereocenters. The van der Waals surface area contributed by atoms with Crippen LogP contribution < -0.4 is 0 Å². The molecular weight excluding hydrogens is 222 g/mol. The fourth-order valence-electron chi connectivity index (χ4n) is 2.47. The van der Waals surface area contributed by atoms with Crippen LogP contribution in [0.15, 0.2) is 36.0 Å². The Hall–Kier alpha value is -0.860. The van der Waals surface area contributed by atoms with Crippen LogP contribution in [0.25, 0.3) is 0 Å². The Morgan fingerprint density at radius 1 is 1.11 bits per heavy atom. The molecule has 0 aromatic rings. The lowest BCUT2D eigenvalue weighted by molar-refractivity contribution is 0.0962. The van der Waals surface area contributed by atoms with Gasteiger partial charge in [0, 0.05) is 6.04 Å². The Kier molecular flexibility index (Phi) is 6.99. The van der Waals surface area contributed by atoms with Gasteiger partial charge in [-0.15, -0.1) is 0 Å². The highest BCUT2D eigenvalue weighted by molar-refractivity contribution is 5.26. The number of hydrogen-bond donors (Lipinski definition) is 1. The molecule has 1 aliphatic carbocycles. The maximum Gasteiger partial charge on any atom is 0.0908 e. The molecule has 102 valence electrons. The maximum absolute atomic E-state index is 10.4. The van der Waals surface area contributed by atoms with Crippen LogP contribution in [-0.2, 0) is 0 Å². The van der Waals surface area contributed by atoms with E-state index < -0.39 is 0 Å². The van der Waals surface area contributed by atoms with E-state index in [-0.39, 0.29) is 12.1 Å². The molecule has 1 aliphatic heterocycles. The van der Waals surface area contributed by atoms with E-state index in [1.165, 1.54) is 12.8 Å². The molecule has 0 aromatic heterocycles. The van der Waals surface area contributed by atoms with Crippen molar-refractivity contribution in [3.63, 3.8) is 0 Å². The van der Waals surface area contributed by atoms with Crippen molar-refractivity contribution < 1.29 is 5.11 Å². The van der Waals surface area contributed by atoms with Crippen molar-refractivity contribution in [2.75, 3.05) is 13.1 Å². The quantitative estimate of drug-likeness (QED) is 0.829. The zero-order chi connectivity index (χ0) is 13.4. The highest BCUT2D eigenvalue weighted by Crippen LogP contribution is 2.21. The normalized spacial score (nSPS) is 22.8. The summed E-state index contributed by atoms with van der Waals surface area (Å²) in [6.45, 7) is 8.41. The fraction of sp³-hybridized carbons (Fsp3) is 0.625. The predicted molar refractivity (Wildman–Crippen MR) is 78.6 cm³/mol. The number of likely N-dealkylation sites (tertiary alicyclic amines) is 1. The van der Waals surface area contributed by atoms with Gasteiger partial charge >= 0.3 is 0 Å². The third-order valence-corrected chi connectivity index (χ3v) is 3.58. The number of hydrogen-bond acceptors (Lipinski definition) is 2. The van der Waals surface area contributed by atoms with Crippen LogP contribution in [0.1, 0.15) is 40.0 Å². The zero-order valence-electron chi connectivity index (χ0n) is 12.0. The molecule has 0 bridgehead atoms. The number of aliphatic hydroxyl groups excluding tert-OH is 1. The minimum Gasteiger partial charge on any atom is -0.387 e. The van der Waals surface area contributed by atoms with Crippen LogP contribution >= 0.6 is 0 Å². The molecule has 2 heteroatoms. The lowest BCUT2D eigenvalue weighted by atomic mass is 9.99. The first-order chi connectivity index (χ1) is 8.79. The third-order valence-electron chi connectivity index (χ3n) is 3.58. The minimum absolute atomic E-state index is 0.244. The molecule has 1 N–H and O–H groups in total. The monoisotopic (exact) mass is 249 g/mol. The van der Waals surface area contributed by atoms with Gasteiger partial charge in [-0.2, -0.15) is 0 Å². The molecule has 0 radical (unpaired) electrons. The van der Waals surface area contributed by atoms with E-state index in [4.69, 9.17) is 0 Å². The second-order valence-corrected chi connectivity index (χ2v) is 4.69. The summed E-state index contributed by atoms with van der Waals surface area (Å²) in [5.41, 5.74) is 1.13. The van der Waals surface area contributed by atoms with Crippen molar-refractivity contribution in [3.8, 4) is 0 Å². The molecule has 1 heterocycles. The average Bonchev–Trinajstić information content (AvgIpc) is 2.82. The van der Waals surface area contributed by atoms with Gasteiger partial charge in [-0.25, -0.2) is 0 Å². The third kappa shape index (κ3) is 4.11. The summed E-state index contributed by atoms with van der Waals surface area (Å²) < 4.78 is 0. The van der Waals surface area contributed by atoms with Gasteiger partial charge in [-0.3, -0.25) is 4.90 Å². The number of aliphatic hydroxyl groups is 1. The number of rotatable bonds is 3. The van der Waals surface area contributed by atoms with Crippen LogP contribution in [0.3, 0.4) is 0 Å². The molecule has 2 aliphatic rings. The van der Waals surface area contributed by atoms with E-state index in [1.54, 1.807) is 0 Å². The fourth-order valence-corrected chi connectivity index (χ4v) is 2.47. The van der Waals surface area contributed by atoms with Gasteiger partial charge in [0.25, 0.3) is 0 Å². The first-order valence-electron chi connectivity index (χ1n) is 7.23. The second-order valence-electron chi connectivity index (χ2n) is 4.69. The molecule has 18 heavy (non-hydrogen) atoms. The Labute approximate surface area is 112 Å². The van der Waals surface area contributed by atoms with Crippen LogP contribution in [0.4, 0.5) is 0 Å². The van der Waals surface area contributed by atoms with Crippen molar-refractivity contribution >= 4 is 0 Å². The van der Waals surface area contributed by atoms with E-state index in [0.29, 0.717) is 0 Å². The van der Waals surface area contributed by atoms with Gasteiger partial charge in [0.1, 0.15) is 0 Å². The van der Waals surface area contributed by atoms with E-state index >= 15 is 0 Å². The molecule has 2 atom stereocenters. The SMILES string of the molecule is CC.CC(C(O)C1=CC=CC=CC1)N1CCCC1. The Bertz CT molecular complexity index is 311. The molecule has 1 fully saturated rings. The molecule has 0 aromatic carbocycles.